The van der Waals surface area contributed by atoms with Gasteiger partial charge in [-0.25, -0.2) is 17.5 Å². The normalized spacial score (nSPS) is 11.2. The third-order valence-electron chi connectivity index (χ3n) is 5.07. The van der Waals surface area contributed by atoms with Crippen molar-refractivity contribution in [2.24, 2.45) is 0 Å². The summed E-state index contributed by atoms with van der Waals surface area (Å²) in [6.45, 7) is 3.48. The average Bonchev–Trinajstić information content (AvgIpc) is 2.77. The number of benzene rings is 3. The standard InChI is InChI=1S/C24H26N4O4S/c1-16-14-18(15-22(17(16)2)33(31,32)28(3)4)23(29)25-20-10-12-21(13-11-20)27-24(30)26-19-8-6-5-7-9-19/h5-15H,1-4H3,(H,25,29)(H2,26,27,30). The maximum atomic E-state index is 12.8. The number of urea groups is 1. The van der Waals surface area contributed by atoms with E-state index in [4.69, 9.17) is 0 Å². The monoisotopic (exact) mass is 466 g/mol. The molecule has 0 bridgehead atoms. The highest BCUT2D eigenvalue weighted by Crippen LogP contribution is 2.24. The van der Waals surface area contributed by atoms with Gasteiger partial charge in [0, 0.05) is 36.7 Å². The van der Waals surface area contributed by atoms with Crippen LogP contribution in [0.2, 0.25) is 0 Å². The molecule has 9 heteroatoms. The molecule has 0 atom stereocenters. The molecule has 3 N–H and O–H groups in total. The van der Waals surface area contributed by atoms with Gasteiger partial charge in [0.1, 0.15) is 0 Å². The lowest BCUT2D eigenvalue weighted by Crippen LogP contribution is -2.24. The lowest BCUT2D eigenvalue weighted by molar-refractivity contribution is 0.102. The van der Waals surface area contributed by atoms with E-state index < -0.39 is 15.9 Å². The van der Waals surface area contributed by atoms with E-state index in [0.29, 0.717) is 28.2 Å². The summed E-state index contributed by atoms with van der Waals surface area (Å²) in [4.78, 5) is 25.0. The number of hydrogen-bond donors (Lipinski definition) is 3. The molecule has 0 heterocycles. The van der Waals surface area contributed by atoms with Gasteiger partial charge in [-0.1, -0.05) is 18.2 Å². The number of rotatable bonds is 6. The SMILES string of the molecule is Cc1cc(C(=O)Nc2ccc(NC(=O)Nc3ccccc3)cc2)cc(S(=O)(=O)N(C)C)c1C. The zero-order chi connectivity index (χ0) is 24.2. The summed E-state index contributed by atoms with van der Waals surface area (Å²) in [5.74, 6) is -0.434. The van der Waals surface area contributed by atoms with Crippen LogP contribution in [0.3, 0.4) is 0 Å². The molecule has 0 saturated heterocycles. The van der Waals surface area contributed by atoms with Crippen molar-refractivity contribution in [3.05, 3.63) is 83.4 Å². The summed E-state index contributed by atoms with van der Waals surface area (Å²) < 4.78 is 26.4. The molecule has 3 aromatic rings. The Morgan fingerprint density at radius 2 is 1.27 bits per heavy atom. The molecular weight excluding hydrogens is 440 g/mol. The van der Waals surface area contributed by atoms with Crippen LogP contribution in [0.5, 0.6) is 0 Å². The predicted molar refractivity (Wildman–Crippen MR) is 130 cm³/mol. The smallest absolute Gasteiger partial charge is 0.322 e. The Kier molecular flexibility index (Phi) is 7.15. The summed E-state index contributed by atoms with van der Waals surface area (Å²) in [5, 5.41) is 8.20. The van der Waals surface area contributed by atoms with Crippen LogP contribution in [-0.2, 0) is 10.0 Å². The van der Waals surface area contributed by atoms with Crippen LogP contribution in [0.1, 0.15) is 21.5 Å². The fourth-order valence-corrected chi connectivity index (χ4v) is 4.30. The maximum absolute atomic E-state index is 12.8. The number of amides is 3. The second-order valence-corrected chi connectivity index (χ2v) is 9.80. The molecule has 0 unspecified atom stereocenters. The molecule has 3 aromatic carbocycles. The highest BCUT2D eigenvalue weighted by atomic mass is 32.2. The molecule has 172 valence electrons. The van der Waals surface area contributed by atoms with E-state index in [1.807, 2.05) is 18.2 Å². The lowest BCUT2D eigenvalue weighted by atomic mass is 10.1. The van der Waals surface area contributed by atoms with E-state index in [1.54, 1.807) is 56.3 Å². The maximum Gasteiger partial charge on any atom is 0.323 e. The van der Waals surface area contributed by atoms with Crippen LogP contribution in [-0.4, -0.2) is 38.8 Å². The van der Waals surface area contributed by atoms with Gasteiger partial charge in [-0.3, -0.25) is 4.79 Å². The Morgan fingerprint density at radius 1 is 0.758 bits per heavy atom. The highest BCUT2D eigenvalue weighted by molar-refractivity contribution is 7.89. The molecular formula is C24H26N4O4S. The summed E-state index contributed by atoms with van der Waals surface area (Å²) >= 11 is 0. The third-order valence-corrected chi connectivity index (χ3v) is 7.01. The van der Waals surface area contributed by atoms with Crippen LogP contribution in [0.4, 0.5) is 21.9 Å². The summed E-state index contributed by atoms with van der Waals surface area (Å²) in [5.41, 5.74) is 3.26. The first-order valence-electron chi connectivity index (χ1n) is 10.2. The predicted octanol–water partition coefficient (Wildman–Crippen LogP) is 4.45. The first-order chi connectivity index (χ1) is 15.6. The van der Waals surface area contributed by atoms with Crippen molar-refractivity contribution in [3.63, 3.8) is 0 Å². The molecule has 3 rings (SSSR count). The van der Waals surface area contributed by atoms with Gasteiger partial charge in [0.05, 0.1) is 4.90 Å². The van der Waals surface area contributed by atoms with E-state index in [-0.39, 0.29) is 16.5 Å². The second kappa shape index (κ2) is 9.85. The second-order valence-electron chi connectivity index (χ2n) is 7.68. The van der Waals surface area contributed by atoms with E-state index in [0.717, 1.165) is 4.31 Å². The Morgan fingerprint density at radius 3 is 1.82 bits per heavy atom. The Labute approximate surface area is 193 Å². The Balaban J connectivity index is 1.71. The van der Waals surface area contributed by atoms with Gasteiger partial charge < -0.3 is 16.0 Å². The van der Waals surface area contributed by atoms with E-state index in [2.05, 4.69) is 16.0 Å². The minimum atomic E-state index is -3.69. The molecule has 0 saturated carbocycles. The lowest BCUT2D eigenvalue weighted by Gasteiger charge is -2.16. The number of carbonyl (C=O) groups excluding carboxylic acids is 2. The Bertz CT molecular complexity index is 1270. The van der Waals surface area contributed by atoms with Gasteiger partial charge >= 0.3 is 6.03 Å². The largest absolute Gasteiger partial charge is 0.323 e. The van der Waals surface area contributed by atoms with Crippen molar-refractivity contribution >= 4 is 39.0 Å². The van der Waals surface area contributed by atoms with Gasteiger partial charge in [-0.15, -0.1) is 0 Å². The molecule has 0 radical (unpaired) electrons. The molecule has 8 nitrogen and oxygen atoms in total. The molecule has 0 aromatic heterocycles. The van der Waals surface area contributed by atoms with Gasteiger partial charge in [0.25, 0.3) is 5.91 Å². The van der Waals surface area contributed by atoms with Crippen molar-refractivity contribution < 1.29 is 18.0 Å². The summed E-state index contributed by atoms with van der Waals surface area (Å²) in [6, 6.07) is 18.3. The van der Waals surface area contributed by atoms with Crippen molar-refractivity contribution in [1.29, 1.82) is 0 Å². The number of nitrogens with zero attached hydrogens (tertiary/aromatic N) is 1. The first kappa shape index (κ1) is 24.0. The minimum absolute atomic E-state index is 0.0987. The van der Waals surface area contributed by atoms with Crippen LogP contribution in [0.15, 0.2) is 71.6 Å². The number of nitrogens with one attached hydrogen (secondary N) is 3. The number of aryl methyl sites for hydroxylation is 1. The fourth-order valence-electron chi connectivity index (χ4n) is 3.08. The first-order valence-corrected chi connectivity index (χ1v) is 11.6. The topological polar surface area (TPSA) is 108 Å². The van der Waals surface area contributed by atoms with Crippen molar-refractivity contribution in [3.8, 4) is 0 Å². The van der Waals surface area contributed by atoms with Gasteiger partial charge in [0.2, 0.25) is 10.0 Å². The minimum Gasteiger partial charge on any atom is -0.322 e. The average molecular weight is 467 g/mol. The zero-order valence-electron chi connectivity index (χ0n) is 18.8. The van der Waals surface area contributed by atoms with E-state index in [1.165, 1.54) is 20.2 Å². The van der Waals surface area contributed by atoms with Gasteiger partial charge in [-0.05, 0) is 73.5 Å². The zero-order valence-corrected chi connectivity index (χ0v) is 19.7. The van der Waals surface area contributed by atoms with E-state index >= 15 is 0 Å². The van der Waals surface area contributed by atoms with E-state index in [9.17, 15) is 18.0 Å². The van der Waals surface area contributed by atoms with Crippen molar-refractivity contribution in [2.45, 2.75) is 18.7 Å². The van der Waals surface area contributed by atoms with Crippen LogP contribution in [0.25, 0.3) is 0 Å². The van der Waals surface area contributed by atoms with Crippen molar-refractivity contribution in [2.75, 3.05) is 30.0 Å². The quantitative estimate of drug-likeness (QED) is 0.499. The summed E-state index contributed by atoms with van der Waals surface area (Å²) in [7, 11) is -0.790. The molecule has 0 aliphatic carbocycles. The fraction of sp³-hybridized carbons (Fsp3) is 0.167. The molecule has 0 aliphatic rings. The number of hydrogen-bond acceptors (Lipinski definition) is 4. The third kappa shape index (κ3) is 5.76. The van der Waals surface area contributed by atoms with Crippen LogP contribution < -0.4 is 16.0 Å². The van der Waals surface area contributed by atoms with Gasteiger partial charge in [-0.2, -0.15) is 0 Å². The number of para-hydroxylation sites is 1. The highest BCUT2D eigenvalue weighted by Gasteiger charge is 2.23. The number of anilines is 3. The molecule has 3 amide bonds. The molecule has 33 heavy (non-hydrogen) atoms. The van der Waals surface area contributed by atoms with Crippen LogP contribution >= 0.6 is 0 Å². The number of carbonyl (C=O) groups is 2. The molecule has 0 aliphatic heterocycles. The summed E-state index contributed by atoms with van der Waals surface area (Å²) in [6.07, 6.45) is 0. The van der Waals surface area contributed by atoms with Gasteiger partial charge in [0.15, 0.2) is 0 Å². The molecule has 0 fully saturated rings. The Hall–Kier alpha value is -3.69. The van der Waals surface area contributed by atoms with Crippen molar-refractivity contribution in [1.82, 2.24) is 4.31 Å². The molecule has 0 spiro atoms. The number of sulfonamides is 1. The van der Waals surface area contributed by atoms with Crippen LogP contribution in [0, 0.1) is 13.8 Å².